The van der Waals surface area contributed by atoms with Gasteiger partial charge in [0.15, 0.2) is 0 Å². The first-order valence-corrected chi connectivity index (χ1v) is 5.20. The fourth-order valence-electron chi connectivity index (χ4n) is 1.25. The molecule has 1 rings (SSSR count). The molecule has 84 valence electrons. The minimum absolute atomic E-state index is 0.606. The first kappa shape index (κ1) is 11.7. The number of nitrogen functional groups attached to an aromatic ring is 1. The van der Waals surface area contributed by atoms with Gasteiger partial charge >= 0.3 is 0 Å². The topological polar surface area (TPSA) is 73.1 Å². The van der Waals surface area contributed by atoms with Crippen molar-refractivity contribution in [3.05, 3.63) is 11.9 Å². The molecular weight excluding hydrogens is 192 g/mol. The molecule has 0 aliphatic carbocycles. The lowest BCUT2D eigenvalue weighted by Crippen LogP contribution is -2.11. The predicted molar refractivity (Wildman–Crippen MR) is 59.6 cm³/mol. The van der Waals surface area contributed by atoms with E-state index in [1.807, 2.05) is 6.92 Å². The summed E-state index contributed by atoms with van der Waals surface area (Å²) in [5.74, 6) is 6.51. The molecule has 5 heteroatoms. The molecular formula is C10H18N4O. The van der Waals surface area contributed by atoms with Crippen LogP contribution in [-0.4, -0.2) is 16.6 Å². The van der Waals surface area contributed by atoms with Gasteiger partial charge in [-0.3, -0.25) is 0 Å². The lowest BCUT2D eigenvalue weighted by molar-refractivity contribution is 0.292. The van der Waals surface area contributed by atoms with Gasteiger partial charge in [0, 0.05) is 0 Å². The van der Waals surface area contributed by atoms with Crippen LogP contribution in [0.4, 0.5) is 5.82 Å². The Balaban J connectivity index is 2.53. The highest BCUT2D eigenvalue weighted by atomic mass is 16.5. The quantitative estimate of drug-likeness (QED) is 0.424. The number of hydrogen-bond acceptors (Lipinski definition) is 5. The molecule has 0 aliphatic heterocycles. The van der Waals surface area contributed by atoms with Crippen LogP contribution < -0.4 is 16.0 Å². The highest BCUT2D eigenvalue weighted by Crippen LogP contribution is 2.19. The first-order chi connectivity index (χ1) is 7.29. The maximum Gasteiger partial charge on any atom is 0.221 e. The number of ether oxygens (including phenoxy) is 1. The van der Waals surface area contributed by atoms with Crippen molar-refractivity contribution in [2.75, 3.05) is 12.0 Å². The highest BCUT2D eigenvalue weighted by Gasteiger charge is 2.06. The summed E-state index contributed by atoms with van der Waals surface area (Å²) in [7, 11) is 0. The van der Waals surface area contributed by atoms with Crippen LogP contribution in [0.3, 0.4) is 0 Å². The smallest absolute Gasteiger partial charge is 0.221 e. The normalized spacial score (nSPS) is 10.1. The van der Waals surface area contributed by atoms with E-state index in [0.717, 1.165) is 12.0 Å². The lowest BCUT2D eigenvalue weighted by atomic mass is 10.3. The number of anilines is 1. The van der Waals surface area contributed by atoms with Crippen LogP contribution in [-0.2, 0) is 0 Å². The molecule has 1 aromatic rings. The minimum Gasteiger partial charge on any atom is -0.477 e. The van der Waals surface area contributed by atoms with Gasteiger partial charge in [-0.2, -0.15) is 0 Å². The molecule has 0 fully saturated rings. The number of hydrogen-bond donors (Lipinski definition) is 2. The zero-order valence-corrected chi connectivity index (χ0v) is 9.29. The molecule has 0 unspecified atom stereocenters. The lowest BCUT2D eigenvalue weighted by Gasteiger charge is -2.09. The summed E-state index contributed by atoms with van der Waals surface area (Å²) in [6.07, 6.45) is 4.84. The number of aromatic nitrogens is 2. The Labute approximate surface area is 90.0 Å². The second-order valence-corrected chi connectivity index (χ2v) is 3.35. The van der Waals surface area contributed by atoms with E-state index in [1.165, 1.54) is 19.2 Å². The third kappa shape index (κ3) is 3.36. The van der Waals surface area contributed by atoms with Gasteiger partial charge in [-0.15, -0.1) is 0 Å². The fourth-order valence-corrected chi connectivity index (χ4v) is 1.25. The van der Waals surface area contributed by atoms with Crippen LogP contribution in [0.15, 0.2) is 6.33 Å². The van der Waals surface area contributed by atoms with Gasteiger partial charge in [0.1, 0.15) is 12.1 Å². The van der Waals surface area contributed by atoms with Gasteiger partial charge in [-0.1, -0.05) is 19.8 Å². The SMILES string of the molecule is CCCCCOc1ncnc(NN)c1C. The van der Waals surface area contributed by atoms with Crippen molar-refractivity contribution in [2.24, 2.45) is 5.84 Å². The van der Waals surface area contributed by atoms with E-state index in [1.54, 1.807) is 0 Å². The number of rotatable bonds is 6. The molecule has 0 spiro atoms. The zero-order chi connectivity index (χ0) is 11.1. The molecule has 0 atom stereocenters. The predicted octanol–water partition coefficient (Wildman–Crippen LogP) is 1.64. The largest absolute Gasteiger partial charge is 0.477 e. The molecule has 0 bridgehead atoms. The monoisotopic (exact) mass is 210 g/mol. The maximum absolute atomic E-state index is 5.53. The Kier molecular flexibility index (Phi) is 4.83. The summed E-state index contributed by atoms with van der Waals surface area (Å²) in [5.41, 5.74) is 3.35. The summed E-state index contributed by atoms with van der Waals surface area (Å²) < 4.78 is 5.53. The van der Waals surface area contributed by atoms with Gasteiger partial charge in [-0.05, 0) is 13.3 Å². The summed E-state index contributed by atoms with van der Waals surface area (Å²) in [6.45, 7) is 4.73. The Bertz CT molecular complexity index is 303. The van der Waals surface area contributed by atoms with E-state index >= 15 is 0 Å². The molecule has 1 heterocycles. The number of hydrazine groups is 1. The molecule has 3 N–H and O–H groups in total. The standard InChI is InChI=1S/C10H18N4O/c1-3-4-5-6-15-10-8(2)9(14-11)12-7-13-10/h7H,3-6,11H2,1-2H3,(H,12,13,14). The molecule has 0 aliphatic rings. The number of nitrogens with one attached hydrogen (secondary N) is 1. The van der Waals surface area contributed by atoms with Gasteiger partial charge in [0.2, 0.25) is 5.88 Å². The molecule has 5 nitrogen and oxygen atoms in total. The van der Waals surface area contributed by atoms with Crippen LogP contribution in [0.2, 0.25) is 0 Å². The summed E-state index contributed by atoms with van der Waals surface area (Å²) >= 11 is 0. The van der Waals surface area contributed by atoms with Crippen molar-refractivity contribution < 1.29 is 4.74 Å². The van der Waals surface area contributed by atoms with Gasteiger partial charge < -0.3 is 10.2 Å². The van der Waals surface area contributed by atoms with Crippen LogP contribution >= 0.6 is 0 Å². The average molecular weight is 210 g/mol. The molecule has 15 heavy (non-hydrogen) atoms. The van der Waals surface area contributed by atoms with Crippen molar-refractivity contribution in [3.63, 3.8) is 0 Å². The minimum atomic E-state index is 0.606. The molecule has 1 aromatic heterocycles. The summed E-state index contributed by atoms with van der Waals surface area (Å²) in [4.78, 5) is 8.03. The Morgan fingerprint density at radius 3 is 2.87 bits per heavy atom. The van der Waals surface area contributed by atoms with Crippen molar-refractivity contribution in [1.82, 2.24) is 9.97 Å². The Morgan fingerprint density at radius 1 is 1.40 bits per heavy atom. The van der Waals surface area contributed by atoms with Crippen molar-refractivity contribution in [3.8, 4) is 5.88 Å². The van der Waals surface area contributed by atoms with Gasteiger partial charge in [-0.25, -0.2) is 15.8 Å². The molecule has 0 saturated heterocycles. The molecule has 0 saturated carbocycles. The van der Waals surface area contributed by atoms with Gasteiger partial charge in [0.05, 0.1) is 12.2 Å². The second kappa shape index (κ2) is 6.19. The van der Waals surface area contributed by atoms with Crippen molar-refractivity contribution in [1.29, 1.82) is 0 Å². The van der Waals surface area contributed by atoms with E-state index in [-0.39, 0.29) is 0 Å². The Morgan fingerprint density at radius 2 is 2.20 bits per heavy atom. The highest BCUT2D eigenvalue weighted by molar-refractivity contribution is 5.46. The van der Waals surface area contributed by atoms with Crippen LogP contribution in [0.25, 0.3) is 0 Å². The fraction of sp³-hybridized carbons (Fsp3) is 0.600. The van der Waals surface area contributed by atoms with Crippen LogP contribution in [0.5, 0.6) is 5.88 Å². The van der Waals surface area contributed by atoms with E-state index in [0.29, 0.717) is 18.3 Å². The van der Waals surface area contributed by atoms with E-state index in [2.05, 4.69) is 22.3 Å². The first-order valence-electron chi connectivity index (χ1n) is 5.20. The average Bonchev–Trinajstić information content (AvgIpc) is 2.26. The summed E-state index contributed by atoms with van der Waals surface area (Å²) in [6, 6.07) is 0. The zero-order valence-electron chi connectivity index (χ0n) is 9.29. The van der Waals surface area contributed by atoms with E-state index < -0.39 is 0 Å². The van der Waals surface area contributed by atoms with E-state index in [4.69, 9.17) is 10.6 Å². The maximum atomic E-state index is 5.53. The van der Waals surface area contributed by atoms with Gasteiger partial charge in [0.25, 0.3) is 0 Å². The van der Waals surface area contributed by atoms with E-state index in [9.17, 15) is 0 Å². The molecule has 0 aromatic carbocycles. The molecule has 0 radical (unpaired) electrons. The summed E-state index contributed by atoms with van der Waals surface area (Å²) in [5, 5.41) is 0. The van der Waals surface area contributed by atoms with Crippen molar-refractivity contribution in [2.45, 2.75) is 33.1 Å². The van der Waals surface area contributed by atoms with Crippen LogP contribution in [0.1, 0.15) is 31.7 Å². The third-order valence-corrected chi connectivity index (χ3v) is 2.16. The number of nitrogens with two attached hydrogens (primary N) is 1. The van der Waals surface area contributed by atoms with Crippen LogP contribution in [0, 0.1) is 6.92 Å². The Hall–Kier alpha value is -1.36. The number of nitrogens with zero attached hydrogens (tertiary/aromatic N) is 2. The van der Waals surface area contributed by atoms with Crippen molar-refractivity contribution >= 4 is 5.82 Å². The molecule has 0 amide bonds. The second-order valence-electron chi connectivity index (χ2n) is 3.35. The third-order valence-electron chi connectivity index (χ3n) is 2.16. The number of unbranched alkanes of at least 4 members (excludes halogenated alkanes) is 2.